The van der Waals surface area contributed by atoms with Gasteiger partial charge in [0.15, 0.2) is 0 Å². The summed E-state index contributed by atoms with van der Waals surface area (Å²) in [6.45, 7) is 1.73. The highest BCUT2D eigenvalue weighted by molar-refractivity contribution is 7.55. The first-order valence-electron chi connectivity index (χ1n) is 5.82. The van der Waals surface area contributed by atoms with E-state index < -0.39 is 7.67 Å². The zero-order valence-corrected chi connectivity index (χ0v) is 12.6. The molecule has 0 saturated heterocycles. The van der Waals surface area contributed by atoms with Gasteiger partial charge in [0.05, 0.1) is 5.02 Å². The van der Waals surface area contributed by atoms with Gasteiger partial charge in [-0.05, 0) is 19.1 Å². The van der Waals surface area contributed by atoms with Gasteiger partial charge in [-0.1, -0.05) is 23.7 Å². The third-order valence-electron chi connectivity index (χ3n) is 2.19. The van der Waals surface area contributed by atoms with Crippen molar-refractivity contribution in [3.05, 3.63) is 41.9 Å². The average molecular weight is 327 g/mol. The van der Waals surface area contributed by atoms with Crippen molar-refractivity contribution in [2.24, 2.45) is 10.1 Å². The molecule has 0 aliphatic rings. The summed E-state index contributed by atoms with van der Waals surface area (Å²) in [5.74, 6) is 0.236. The fraction of sp³-hybridized carbons (Fsp3) is 0.0909. The number of hydrazone groups is 1. The predicted molar refractivity (Wildman–Crippen MR) is 80.9 cm³/mol. The number of benzene rings is 1. The fourth-order valence-electron chi connectivity index (χ4n) is 1.30. The summed E-state index contributed by atoms with van der Waals surface area (Å²) in [4.78, 5) is 7.50. The van der Waals surface area contributed by atoms with E-state index in [4.69, 9.17) is 16.1 Å². The Hall–Kier alpha value is -2.18. The Morgan fingerprint density at radius 2 is 2.29 bits per heavy atom. The quantitative estimate of drug-likeness (QED) is 0.381. The SMILES string of the molecule is CC=N/C=N\NP(=O)(Oc1ccccc1Cl)n1cncn1. The van der Waals surface area contributed by atoms with Crippen LogP contribution in [0.15, 0.2) is 47.0 Å². The van der Waals surface area contributed by atoms with Gasteiger partial charge in [0.25, 0.3) is 0 Å². The highest BCUT2D eigenvalue weighted by Gasteiger charge is 2.29. The lowest BCUT2D eigenvalue weighted by Gasteiger charge is -2.17. The van der Waals surface area contributed by atoms with Gasteiger partial charge in [0, 0.05) is 6.21 Å². The molecule has 1 aromatic carbocycles. The minimum absolute atomic E-state index is 0.236. The number of aromatic nitrogens is 3. The van der Waals surface area contributed by atoms with Crippen molar-refractivity contribution in [3.63, 3.8) is 0 Å². The maximum absolute atomic E-state index is 12.9. The lowest BCUT2D eigenvalue weighted by Crippen LogP contribution is -2.16. The molecule has 10 heteroatoms. The molecule has 0 aliphatic heterocycles. The number of hydrogen-bond donors (Lipinski definition) is 1. The number of nitrogens with zero attached hydrogens (tertiary/aromatic N) is 5. The van der Waals surface area contributed by atoms with E-state index in [1.165, 1.54) is 25.2 Å². The molecule has 0 aliphatic carbocycles. The minimum Gasteiger partial charge on any atom is -0.410 e. The first-order valence-corrected chi connectivity index (χ1v) is 7.77. The summed E-state index contributed by atoms with van der Waals surface area (Å²) < 4.78 is 19.4. The normalized spacial score (nSPS) is 14.4. The molecule has 1 aromatic heterocycles. The molecule has 8 nitrogen and oxygen atoms in total. The summed E-state index contributed by atoms with van der Waals surface area (Å²) in [6, 6.07) is 6.64. The van der Waals surface area contributed by atoms with E-state index in [9.17, 15) is 4.57 Å². The first-order chi connectivity index (χ1) is 10.2. The molecular weight excluding hydrogens is 315 g/mol. The summed E-state index contributed by atoms with van der Waals surface area (Å²) in [6.07, 6.45) is 5.21. The monoisotopic (exact) mass is 326 g/mol. The Balaban J connectivity index is 2.29. The molecule has 0 amide bonds. The lowest BCUT2D eigenvalue weighted by atomic mass is 10.3. The smallest absolute Gasteiger partial charge is 0.410 e. The molecule has 1 atom stereocenters. The number of hydrogen-bond acceptors (Lipinski definition) is 5. The maximum Gasteiger partial charge on any atom is 0.483 e. The molecule has 0 spiro atoms. The molecule has 0 radical (unpaired) electrons. The molecule has 110 valence electrons. The third-order valence-corrected chi connectivity index (χ3v) is 4.06. The van der Waals surface area contributed by atoms with Crippen LogP contribution < -0.4 is 9.72 Å². The molecular formula is C11H12ClN6O2P. The zero-order chi connectivity index (χ0) is 15.1. The lowest BCUT2D eigenvalue weighted by molar-refractivity contribution is 0.451. The van der Waals surface area contributed by atoms with Crippen LogP contribution in [0.5, 0.6) is 5.75 Å². The Kier molecular flexibility index (Phi) is 5.08. The van der Waals surface area contributed by atoms with Gasteiger partial charge in [-0.2, -0.15) is 5.10 Å². The largest absolute Gasteiger partial charge is 0.483 e. The van der Waals surface area contributed by atoms with Crippen LogP contribution >= 0.6 is 19.3 Å². The summed E-state index contributed by atoms with van der Waals surface area (Å²) in [7, 11) is -3.68. The second kappa shape index (κ2) is 7.01. The zero-order valence-electron chi connectivity index (χ0n) is 11.0. The van der Waals surface area contributed by atoms with Crippen molar-refractivity contribution in [1.29, 1.82) is 0 Å². The van der Waals surface area contributed by atoms with Gasteiger partial charge < -0.3 is 4.52 Å². The van der Waals surface area contributed by atoms with Gasteiger partial charge in [0.1, 0.15) is 24.7 Å². The van der Waals surface area contributed by atoms with Crippen LogP contribution in [-0.2, 0) is 4.57 Å². The van der Waals surface area contributed by atoms with Crippen LogP contribution in [0.2, 0.25) is 5.02 Å². The predicted octanol–water partition coefficient (Wildman–Crippen LogP) is 2.59. The van der Waals surface area contributed by atoms with E-state index >= 15 is 0 Å². The molecule has 21 heavy (non-hydrogen) atoms. The number of rotatable bonds is 6. The molecule has 1 unspecified atom stereocenters. The van der Waals surface area contributed by atoms with Crippen molar-refractivity contribution in [3.8, 4) is 5.75 Å². The second-order valence-electron chi connectivity index (χ2n) is 3.61. The van der Waals surface area contributed by atoms with Gasteiger partial charge >= 0.3 is 7.67 Å². The molecule has 1 heterocycles. The van der Waals surface area contributed by atoms with E-state index in [1.54, 1.807) is 31.2 Å². The molecule has 0 saturated carbocycles. The second-order valence-corrected chi connectivity index (χ2v) is 5.85. The number of para-hydroxylation sites is 1. The van der Waals surface area contributed by atoms with E-state index in [0.29, 0.717) is 5.02 Å². The van der Waals surface area contributed by atoms with Crippen molar-refractivity contribution in [2.75, 3.05) is 0 Å². The number of aliphatic imine (C=N–C) groups is 1. The molecule has 1 N–H and O–H groups in total. The van der Waals surface area contributed by atoms with Crippen LogP contribution in [-0.4, -0.2) is 27.1 Å². The number of halogens is 1. The molecule has 0 fully saturated rings. The Bertz CT molecular complexity index is 688. The van der Waals surface area contributed by atoms with Gasteiger partial charge in [-0.15, -0.1) is 9.55 Å². The average Bonchev–Trinajstić information content (AvgIpc) is 3.01. The molecule has 2 rings (SSSR count). The van der Waals surface area contributed by atoms with Crippen molar-refractivity contribution < 1.29 is 9.09 Å². The highest BCUT2D eigenvalue weighted by atomic mass is 35.5. The Labute approximate surface area is 126 Å². The first kappa shape index (κ1) is 15.2. The van der Waals surface area contributed by atoms with Crippen LogP contribution in [0.4, 0.5) is 0 Å². The van der Waals surface area contributed by atoms with Crippen LogP contribution in [0.25, 0.3) is 0 Å². The van der Waals surface area contributed by atoms with Crippen molar-refractivity contribution >= 4 is 31.8 Å². The standard InChI is InChI=1S/C11H12ClN6O2P/c1-2-13-7-15-17-21(19,18-9-14-8-16-18)20-11-6-4-3-5-10(11)12/h2-9H,1H3,(H,17,19)/b13-2?,15-7-. The summed E-state index contributed by atoms with van der Waals surface area (Å²) in [5, 5.41) is 10.2. The summed E-state index contributed by atoms with van der Waals surface area (Å²) in [5.41, 5.74) is 0. The number of nitrogens with one attached hydrogen (secondary N) is 1. The highest BCUT2D eigenvalue weighted by Crippen LogP contribution is 2.45. The topological polar surface area (TPSA) is 93.8 Å². The van der Waals surface area contributed by atoms with Crippen molar-refractivity contribution in [2.45, 2.75) is 6.92 Å². The Morgan fingerprint density at radius 3 is 2.95 bits per heavy atom. The van der Waals surface area contributed by atoms with E-state index in [-0.39, 0.29) is 5.75 Å². The van der Waals surface area contributed by atoms with Crippen LogP contribution in [0.1, 0.15) is 6.92 Å². The van der Waals surface area contributed by atoms with Gasteiger partial charge in [-0.25, -0.2) is 19.7 Å². The van der Waals surface area contributed by atoms with Crippen molar-refractivity contribution in [1.82, 2.24) is 19.7 Å². The molecule has 0 bridgehead atoms. The van der Waals surface area contributed by atoms with Gasteiger partial charge in [0.2, 0.25) is 0 Å². The maximum atomic E-state index is 12.9. The van der Waals surface area contributed by atoms with Crippen LogP contribution in [0, 0.1) is 0 Å². The van der Waals surface area contributed by atoms with E-state index in [2.05, 4.69) is 25.4 Å². The minimum atomic E-state index is -3.68. The van der Waals surface area contributed by atoms with Gasteiger partial charge in [-0.3, -0.25) is 0 Å². The van der Waals surface area contributed by atoms with E-state index in [1.807, 2.05) is 0 Å². The molecule has 2 aromatic rings. The third kappa shape index (κ3) is 3.90. The Morgan fingerprint density at radius 1 is 1.48 bits per heavy atom. The summed E-state index contributed by atoms with van der Waals surface area (Å²) >= 11 is 5.99. The fourth-order valence-corrected chi connectivity index (χ4v) is 2.74. The van der Waals surface area contributed by atoms with Crippen LogP contribution in [0.3, 0.4) is 0 Å². The van der Waals surface area contributed by atoms with E-state index in [0.717, 1.165) is 4.45 Å².